The SMILES string of the molecule is Cc1cc(C(=O)CN2C(=O)C(=O)N(C(C)C)C2=O)c(C)n1Cc1ccco1. The molecule has 0 aliphatic carbocycles. The minimum atomic E-state index is -0.966. The van der Waals surface area contributed by atoms with Gasteiger partial charge in [-0.2, -0.15) is 0 Å². The van der Waals surface area contributed by atoms with Crippen LogP contribution in [0.25, 0.3) is 0 Å². The van der Waals surface area contributed by atoms with Crippen LogP contribution in [0.5, 0.6) is 0 Å². The van der Waals surface area contributed by atoms with Crippen LogP contribution in [0, 0.1) is 13.8 Å². The minimum Gasteiger partial charge on any atom is -0.467 e. The average Bonchev–Trinajstić information content (AvgIpc) is 3.26. The van der Waals surface area contributed by atoms with Gasteiger partial charge in [0, 0.05) is 23.0 Å². The summed E-state index contributed by atoms with van der Waals surface area (Å²) in [6.07, 6.45) is 1.58. The normalized spacial score (nSPS) is 14.8. The Morgan fingerprint density at radius 1 is 1.15 bits per heavy atom. The van der Waals surface area contributed by atoms with Gasteiger partial charge in [-0.15, -0.1) is 0 Å². The van der Waals surface area contributed by atoms with Crippen LogP contribution in [-0.2, 0) is 16.1 Å². The molecule has 0 aromatic carbocycles. The molecule has 1 aliphatic rings. The molecule has 0 saturated carbocycles. The van der Waals surface area contributed by atoms with Gasteiger partial charge in [-0.05, 0) is 45.9 Å². The Balaban J connectivity index is 1.82. The van der Waals surface area contributed by atoms with Crippen LogP contribution in [0.2, 0.25) is 0 Å². The molecule has 0 N–H and O–H groups in total. The number of aryl methyl sites for hydroxylation is 1. The maximum absolute atomic E-state index is 12.8. The lowest BCUT2D eigenvalue weighted by molar-refractivity contribution is -0.143. The van der Waals surface area contributed by atoms with E-state index in [1.54, 1.807) is 39.2 Å². The number of nitrogens with zero attached hydrogens (tertiary/aromatic N) is 3. The van der Waals surface area contributed by atoms with E-state index >= 15 is 0 Å². The number of urea groups is 1. The Bertz CT molecular complexity index is 924. The van der Waals surface area contributed by atoms with Crippen molar-refractivity contribution in [1.29, 1.82) is 0 Å². The Morgan fingerprint density at radius 2 is 1.85 bits per heavy atom. The summed E-state index contributed by atoms with van der Waals surface area (Å²) in [5.41, 5.74) is 1.97. The van der Waals surface area contributed by atoms with Crippen molar-refractivity contribution in [1.82, 2.24) is 14.4 Å². The largest absolute Gasteiger partial charge is 0.467 e. The lowest BCUT2D eigenvalue weighted by Gasteiger charge is -2.18. The van der Waals surface area contributed by atoms with Crippen LogP contribution in [0.3, 0.4) is 0 Å². The van der Waals surface area contributed by atoms with Crippen molar-refractivity contribution in [3.05, 3.63) is 47.2 Å². The first kappa shape index (κ1) is 18.6. The topological polar surface area (TPSA) is 92.8 Å². The molecule has 27 heavy (non-hydrogen) atoms. The monoisotopic (exact) mass is 371 g/mol. The van der Waals surface area contributed by atoms with Crippen molar-refractivity contribution in [2.45, 2.75) is 40.3 Å². The van der Waals surface area contributed by atoms with Crippen LogP contribution in [0.1, 0.15) is 41.4 Å². The molecule has 1 saturated heterocycles. The molecule has 4 amide bonds. The molecule has 0 spiro atoms. The number of amides is 4. The number of Topliss-reactive ketones (excluding diaryl/α,β-unsaturated/α-hetero) is 1. The Labute approximate surface area is 156 Å². The van der Waals surface area contributed by atoms with Crippen molar-refractivity contribution >= 4 is 23.6 Å². The molecule has 2 aromatic rings. The molecule has 0 bridgehead atoms. The van der Waals surface area contributed by atoms with Gasteiger partial charge < -0.3 is 8.98 Å². The number of ketones is 1. The van der Waals surface area contributed by atoms with Crippen LogP contribution >= 0.6 is 0 Å². The minimum absolute atomic E-state index is 0.395. The van der Waals surface area contributed by atoms with E-state index in [4.69, 9.17) is 4.42 Å². The first-order chi connectivity index (χ1) is 12.7. The van der Waals surface area contributed by atoms with E-state index in [1.807, 2.05) is 17.6 Å². The molecule has 142 valence electrons. The zero-order valence-electron chi connectivity index (χ0n) is 15.7. The zero-order valence-corrected chi connectivity index (χ0v) is 15.7. The van der Waals surface area contributed by atoms with E-state index in [2.05, 4.69) is 0 Å². The molecule has 1 aliphatic heterocycles. The van der Waals surface area contributed by atoms with Crippen LogP contribution < -0.4 is 0 Å². The molecular formula is C19H21N3O5. The third-order valence-electron chi connectivity index (χ3n) is 4.67. The average molecular weight is 371 g/mol. The fourth-order valence-corrected chi connectivity index (χ4v) is 3.23. The van der Waals surface area contributed by atoms with Crippen LogP contribution in [0.4, 0.5) is 4.79 Å². The predicted molar refractivity (Wildman–Crippen MR) is 95.1 cm³/mol. The van der Waals surface area contributed by atoms with Gasteiger partial charge in [-0.3, -0.25) is 19.3 Å². The van der Waals surface area contributed by atoms with Gasteiger partial charge in [0.1, 0.15) is 5.76 Å². The van der Waals surface area contributed by atoms with E-state index in [0.29, 0.717) is 22.7 Å². The second-order valence-corrected chi connectivity index (χ2v) is 6.82. The van der Waals surface area contributed by atoms with Crippen molar-refractivity contribution in [2.75, 3.05) is 6.54 Å². The number of furan rings is 1. The molecule has 0 atom stereocenters. The summed E-state index contributed by atoms with van der Waals surface area (Å²) in [5.74, 6) is -1.51. The fraction of sp³-hybridized carbons (Fsp3) is 0.368. The van der Waals surface area contributed by atoms with E-state index in [0.717, 1.165) is 16.4 Å². The summed E-state index contributed by atoms with van der Waals surface area (Å²) in [6.45, 7) is 6.94. The first-order valence-electron chi connectivity index (χ1n) is 8.63. The second-order valence-electron chi connectivity index (χ2n) is 6.82. The summed E-state index contributed by atoms with van der Waals surface area (Å²) in [5, 5.41) is 0. The highest BCUT2D eigenvalue weighted by Crippen LogP contribution is 2.20. The summed E-state index contributed by atoms with van der Waals surface area (Å²) >= 11 is 0. The quantitative estimate of drug-likeness (QED) is 0.441. The van der Waals surface area contributed by atoms with Gasteiger partial charge >= 0.3 is 17.8 Å². The summed E-state index contributed by atoms with van der Waals surface area (Å²) in [7, 11) is 0. The van der Waals surface area contributed by atoms with Crippen molar-refractivity contribution in [3.63, 3.8) is 0 Å². The first-order valence-corrected chi connectivity index (χ1v) is 8.63. The molecule has 1 fully saturated rings. The van der Waals surface area contributed by atoms with Gasteiger partial charge in [0.2, 0.25) is 0 Å². The van der Waals surface area contributed by atoms with E-state index in [-0.39, 0.29) is 0 Å². The zero-order chi connectivity index (χ0) is 19.9. The van der Waals surface area contributed by atoms with E-state index < -0.39 is 36.2 Å². The highest BCUT2D eigenvalue weighted by atomic mass is 16.3. The summed E-state index contributed by atoms with van der Waals surface area (Å²) in [6, 6.07) is 4.14. The van der Waals surface area contributed by atoms with Gasteiger partial charge in [0.25, 0.3) is 0 Å². The molecule has 0 radical (unpaired) electrons. The molecule has 2 aromatic heterocycles. The standard InChI is InChI=1S/C19H21N3O5/c1-11(2)22-18(25)17(24)21(19(22)26)10-16(23)15-8-12(3)20(13(15)4)9-14-6-5-7-27-14/h5-8,11H,9-10H2,1-4H3. The van der Waals surface area contributed by atoms with Gasteiger partial charge in [-0.25, -0.2) is 9.69 Å². The Hall–Kier alpha value is -3.16. The summed E-state index contributed by atoms with van der Waals surface area (Å²) < 4.78 is 7.27. The van der Waals surface area contributed by atoms with Crippen molar-refractivity contribution < 1.29 is 23.6 Å². The molecule has 0 unspecified atom stereocenters. The number of rotatable bonds is 6. The number of aromatic nitrogens is 1. The molecule has 3 rings (SSSR count). The number of carbonyl (C=O) groups is 4. The smallest absolute Gasteiger partial charge is 0.334 e. The second kappa shape index (κ2) is 6.86. The molecular weight excluding hydrogens is 350 g/mol. The number of carbonyl (C=O) groups excluding carboxylic acids is 4. The number of imide groups is 2. The van der Waals surface area contributed by atoms with Crippen molar-refractivity contribution in [3.8, 4) is 0 Å². The molecule has 3 heterocycles. The van der Waals surface area contributed by atoms with Crippen molar-refractivity contribution in [2.24, 2.45) is 0 Å². The van der Waals surface area contributed by atoms with Gasteiger partial charge in [0.15, 0.2) is 5.78 Å². The number of hydrogen-bond acceptors (Lipinski definition) is 5. The Kier molecular flexibility index (Phi) is 4.73. The lowest BCUT2D eigenvalue weighted by Crippen LogP contribution is -2.39. The fourth-order valence-electron chi connectivity index (χ4n) is 3.23. The lowest BCUT2D eigenvalue weighted by atomic mass is 10.1. The summed E-state index contributed by atoms with van der Waals surface area (Å²) in [4.78, 5) is 50.8. The van der Waals surface area contributed by atoms with Crippen LogP contribution in [0.15, 0.2) is 28.9 Å². The van der Waals surface area contributed by atoms with Gasteiger partial charge in [0.05, 0.1) is 19.4 Å². The maximum atomic E-state index is 12.8. The highest BCUT2D eigenvalue weighted by Gasteiger charge is 2.46. The van der Waals surface area contributed by atoms with E-state index in [1.165, 1.54) is 0 Å². The van der Waals surface area contributed by atoms with E-state index in [9.17, 15) is 19.2 Å². The van der Waals surface area contributed by atoms with Crippen LogP contribution in [-0.4, -0.2) is 50.6 Å². The third-order valence-corrected chi connectivity index (χ3v) is 4.67. The molecule has 8 heteroatoms. The van der Waals surface area contributed by atoms with Gasteiger partial charge in [-0.1, -0.05) is 0 Å². The molecule has 8 nitrogen and oxygen atoms in total. The third kappa shape index (κ3) is 3.18. The maximum Gasteiger partial charge on any atom is 0.334 e. The highest BCUT2D eigenvalue weighted by molar-refractivity contribution is 6.45. The predicted octanol–water partition coefficient (Wildman–Crippen LogP) is 2.13. The Morgan fingerprint density at radius 3 is 2.41 bits per heavy atom. The number of hydrogen-bond donors (Lipinski definition) is 0.